The number of fused-ring (bicyclic) bond motifs is 2. The van der Waals surface area contributed by atoms with Crippen molar-refractivity contribution in [2.24, 2.45) is 14.1 Å². The number of carbonyl (C=O) groups excluding carboxylic acids is 4. The summed E-state index contributed by atoms with van der Waals surface area (Å²) in [6, 6.07) is 17.2. The molecular weight excluding hydrogens is 835 g/mol. The monoisotopic (exact) mass is 878 g/mol. The second-order valence-corrected chi connectivity index (χ2v) is 15.5. The number of benzene rings is 3. The van der Waals surface area contributed by atoms with Crippen molar-refractivity contribution in [2.45, 2.75) is 20.8 Å². The first kappa shape index (κ1) is 44.0. The van der Waals surface area contributed by atoms with Gasteiger partial charge in [-0.25, -0.2) is 9.59 Å². The Morgan fingerprint density at radius 2 is 0.950 bits per heavy atom. The number of amides is 2. The molecule has 0 atom stereocenters. The first-order valence-corrected chi connectivity index (χ1v) is 20.6. The van der Waals surface area contributed by atoms with Gasteiger partial charge < -0.3 is 38.2 Å². The van der Waals surface area contributed by atoms with Crippen LogP contribution in [0.3, 0.4) is 0 Å². The van der Waals surface area contributed by atoms with Crippen molar-refractivity contribution < 1.29 is 28.7 Å². The third-order valence-electron chi connectivity index (χ3n) is 10.6. The predicted octanol–water partition coefficient (Wildman–Crippen LogP) is 6.02. The van der Waals surface area contributed by atoms with Crippen LogP contribution in [0, 0.1) is 0 Å². The number of rotatable bonds is 7. The van der Waals surface area contributed by atoms with E-state index in [1.807, 2.05) is 9.80 Å². The predicted molar refractivity (Wildman–Crippen MR) is 234 cm³/mol. The van der Waals surface area contributed by atoms with Gasteiger partial charge in [0.25, 0.3) is 17.0 Å². The number of aromatic nitrogens is 2. The van der Waals surface area contributed by atoms with Crippen LogP contribution >= 0.6 is 34.8 Å². The van der Waals surface area contributed by atoms with Crippen molar-refractivity contribution >= 4 is 91.7 Å². The third-order valence-corrected chi connectivity index (χ3v) is 11.4. The number of aryl methyl sites for hydroxylation is 2. The Labute approximate surface area is 361 Å². The van der Waals surface area contributed by atoms with E-state index in [4.69, 9.17) is 44.3 Å². The Kier molecular flexibility index (Phi) is 13.8. The third kappa shape index (κ3) is 8.96. The number of hydrogen-bond donors (Lipinski definition) is 0. The summed E-state index contributed by atoms with van der Waals surface area (Å²) in [6.45, 7) is 9.08. The standard InChI is InChI=1S/C24H23Cl2N3O4.C19H22ClN3O4/c1-3-33-24(32)20-21(18-14-17(26)8-9-19(18)27(2)23(20)31)28-10-12-29(13-11-28)22(30)15-4-6-16(25)7-5-15;1-4-27-19(26)16-17(23-9-7-22(8-10-23)12(2)24)14-11-13(20)5-6-15(14)21(3)18(16)25/h4-9,14H,3,10-13H2,1-2H3;5-6,11H,4,7-10H2,1-3H3. The van der Waals surface area contributed by atoms with E-state index in [2.05, 4.69) is 0 Å². The van der Waals surface area contributed by atoms with Crippen LogP contribution in [0.5, 0.6) is 0 Å². The minimum Gasteiger partial charge on any atom is -0.462 e. The minimum atomic E-state index is -0.672. The molecule has 4 heterocycles. The van der Waals surface area contributed by atoms with Gasteiger partial charge in [-0.05, 0) is 74.5 Å². The molecule has 316 valence electrons. The second-order valence-electron chi connectivity index (χ2n) is 14.2. The fourth-order valence-corrected chi connectivity index (χ4v) is 8.06. The molecule has 2 aromatic heterocycles. The van der Waals surface area contributed by atoms with Crippen molar-refractivity contribution in [3.05, 3.63) is 113 Å². The number of carbonyl (C=O) groups is 4. The van der Waals surface area contributed by atoms with Crippen LogP contribution in [0.2, 0.25) is 15.1 Å². The van der Waals surface area contributed by atoms with Crippen LogP contribution < -0.4 is 20.9 Å². The zero-order valence-electron chi connectivity index (χ0n) is 33.9. The average molecular weight is 880 g/mol. The van der Waals surface area contributed by atoms with Crippen molar-refractivity contribution in [1.29, 1.82) is 0 Å². The molecule has 17 heteroatoms. The maximum absolute atomic E-state index is 13.2. The van der Waals surface area contributed by atoms with Gasteiger partial charge in [-0.15, -0.1) is 0 Å². The van der Waals surface area contributed by atoms with E-state index in [0.717, 1.165) is 0 Å². The molecule has 2 amide bonds. The van der Waals surface area contributed by atoms with Crippen LogP contribution in [-0.2, 0) is 28.4 Å². The number of halogens is 3. The van der Waals surface area contributed by atoms with E-state index in [1.54, 1.807) is 98.4 Å². The molecule has 14 nitrogen and oxygen atoms in total. The van der Waals surface area contributed by atoms with Crippen molar-refractivity contribution in [2.75, 3.05) is 75.4 Å². The molecule has 7 rings (SSSR count). The van der Waals surface area contributed by atoms with Gasteiger partial charge in [-0.1, -0.05) is 34.8 Å². The fourth-order valence-electron chi connectivity index (χ4n) is 7.59. The van der Waals surface area contributed by atoms with Gasteiger partial charge in [0.1, 0.15) is 11.1 Å². The highest BCUT2D eigenvalue weighted by molar-refractivity contribution is 6.32. The Morgan fingerprint density at radius 3 is 1.33 bits per heavy atom. The number of piperazine rings is 2. The summed E-state index contributed by atoms with van der Waals surface area (Å²) >= 11 is 18.4. The number of esters is 2. The smallest absolute Gasteiger partial charge is 0.345 e. The number of anilines is 2. The maximum Gasteiger partial charge on any atom is 0.345 e. The number of ether oxygens (including phenoxy) is 2. The van der Waals surface area contributed by atoms with Crippen molar-refractivity contribution in [3.8, 4) is 0 Å². The lowest BCUT2D eigenvalue weighted by Gasteiger charge is -2.37. The van der Waals surface area contributed by atoms with Gasteiger partial charge in [0.05, 0.1) is 35.6 Å². The van der Waals surface area contributed by atoms with Crippen LogP contribution in [0.4, 0.5) is 11.4 Å². The second kappa shape index (κ2) is 18.8. The van der Waals surface area contributed by atoms with Gasteiger partial charge >= 0.3 is 11.9 Å². The summed E-state index contributed by atoms with van der Waals surface area (Å²) < 4.78 is 13.2. The Morgan fingerprint density at radius 1 is 0.567 bits per heavy atom. The van der Waals surface area contributed by atoms with E-state index < -0.39 is 23.1 Å². The molecule has 2 aliphatic heterocycles. The molecule has 60 heavy (non-hydrogen) atoms. The van der Waals surface area contributed by atoms with E-state index in [0.29, 0.717) is 106 Å². The molecule has 2 aliphatic rings. The summed E-state index contributed by atoms with van der Waals surface area (Å²) in [6.07, 6.45) is 0. The van der Waals surface area contributed by atoms with Gasteiger partial charge in [-0.3, -0.25) is 19.2 Å². The highest BCUT2D eigenvalue weighted by atomic mass is 35.5. The largest absolute Gasteiger partial charge is 0.462 e. The summed E-state index contributed by atoms with van der Waals surface area (Å²) in [4.78, 5) is 83.5. The molecule has 2 saturated heterocycles. The molecule has 2 fully saturated rings. The van der Waals surface area contributed by atoms with Crippen LogP contribution in [0.1, 0.15) is 51.8 Å². The Bertz CT molecular complexity index is 2600. The molecule has 0 radical (unpaired) electrons. The van der Waals surface area contributed by atoms with Crippen LogP contribution in [0.15, 0.2) is 70.3 Å². The Hall–Kier alpha value is -5.57. The fraction of sp³-hybridized carbons (Fsp3) is 0.349. The van der Waals surface area contributed by atoms with Gasteiger partial charge in [-0.2, -0.15) is 0 Å². The molecule has 0 aliphatic carbocycles. The van der Waals surface area contributed by atoms with Crippen molar-refractivity contribution in [1.82, 2.24) is 18.9 Å². The first-order valence-electron chi connectivity index (χ1n) is 19.5. The maximum atomic E-state index is 13.2. The van der Waals surface area contributed by atoms with Gasteiger partial charge in [0.2, 0.25) is 5.91 Å². The Balaban J connectivity index is 0.000000205. The van der Waals surface area contributed by atoms with E-state index >= 15 is 0 Å². The molecule has 0 bridgehead atoms. The molecule has 0 saturated carbocycles. The highest BCUT2D eigenvalue weighted by Crippen LogP contribution is 2.34. The first-order chi connectivity index (χ1) is 28.7. The number of pyridine rings is 2. The quantitative estimate of drug-likeness (QED) is 0.178. The van der Waals surface area contributed by atoms with Crippen molar-refractivity contribution in [3.63, 3.8) is 0 Å². The van der Waals surface area contributed by atoms with Gasteiger partial charge in [0, 0.05) is 105 Å². The number of nitrogens with zero attached hydrogens (tertiary/aromatic N) is 6. The molecule has 5 aromatic rings. The molecule has 0 unspecified atom stereocenters. The molecule has 0 spiro atoms. The van der Waals surface area contributed by atoms with E-state index in [9.17, 15) is 28.8 Å². The van der Waals surface area contributed by atoms with Crippen LogP contribution in [-0.4, -0.2) is 108 Å². The summed E-state index contributed by atoms with van der Waals surface area (Å²) in [5, 5.41) is 2.97. The summed E-state index contributed by atoms with van der Waals surface area (Å²) in [7, 11) is 3.24. The molecular formula is C43H45Cl3N6O8. The summed E-state index contributed by atoms with van der Waals surface area (Å²) in [5.74, 6) is -1.40. The lowest BCUT2D eigenvalue weighted by atomic mass is 10.1. The minimum absolute atomic E-state index is 0.00499. The number of hydrogen-bond acceptors (Lipinski definition) is 10. The zero-order valence-corrected chi connectivity index (χ0v) is 36.2. The zero-order chi connectivity index (χ0) is 43.4. The summed E-state index contributed by atoms with van der Waals surface area (Å²) in [5.41, 5.74) is 2.06. The van der Waals surface area contributed by atoms with Crippen LogP contribution in [0.25, 0.3) is 21.8 Å². The normalized spacial score (nSPS) is 14.2. The topological polar surface area (TPSA) is 144 Å². The van der Waals surface area contributed by atoms with Gasteiger partial charge in [0.15, 0.2) is 0 Å². The van der Waals surface area contributed by atoms with E-state index in [1.165, 1.54) is 16.1 Å². The average Bonchev–Trinajstić information content (AvgIpc) is 3.23. The lowest BCUT2D eigenvalue weighted by Crippen LogP contribution is -2.49. The highest BCUT2D eigenvalue weighted by Gasteiger charge is 2.31. The molecule has 3 aromatic carbocycles. The molecule has 0 N–H and O–H groups in total. The van der Waals surface area contributed by atoms with E-state index in [-0.39, 0.29) is 36.2 Å². The SMILES string of the molecule is CCOC(=O)c1c(N2CCN(C(=O)c3ccc(Cl)cc3)CC2)c2cc(Cl)ccc2n(C)c1=O.CCOC(=O)c1c(N2CCN(C(C)=O)CC2)c2cc(Cl)ccc2n(C)c1=O. The lowest BCUT2D eigenvalue weighted by molar-refractivity contribution is -0.129.